The molecule has 0 saturated carbocycles. The Balaban J connectivity index is 3.22. The summed E-state index contributed by atoms with van der Waals surface area (Å²) in [5.41, 5.74) is 5.96. The Morgan fingerprint density at radius 3 is 2.57 bits per heavy atom. The summed E-state index contributed by atoms with van der Waals surface area (Å²) in [5, 5.41) is 18.6. The lowest BCUT2D eigenvalue weighted by atomic mass is 10.1. The van der Waals surface area contributed by atoms with Crippen molar-refractivity contribution in [2.24, 2.45) is 5.73 Å². The molecule has 0 bridgehead atoms. The highest BCUT2D eigenvalue weighted by Gasteiger charge is 2.16. The number of phenolic OH excluding ortho intramolecular Hbond substituents is 2. The predicted octanol–water partition coefficient (Wildman–Crippen LogP) is 1.89. The van der Waals surface area contributed by atoms with Gasteiger partial charge in [0.2, 0.25) is 0 Å². The summed E-state index contributed by atoms with van der Waals surface area (Å²) in [4.78, 5) is 0. The van der Waals surface area contributed by atoms with Crippen LogP contribution in [0.2, 0.25) is 0 Å². The van der Waals surface area contributed by atoms with Crippen molar-refractivity contribution < 1.29 is 14.6 Å². The lowest BCUT2D eigenvalue weighted by molar-refractivity contribution is 0.374. The van der Waals surface area contributed by atoms with Crippen molar-refractivity contribution in [2.75, 3.05) is 0 Å². The van der Waals surface area contributed by atoms with Crippen LogP contribution >= 0.6 is 15.9 Å². The lowest BCUT2D eigenvalue weighted by Gasteiger charge is -2.11. The van der Waals surface area contributed by atoms with E-state index >= 15 is 0 Å². The zero-order valence-electron chi connectivity index (χ0n) is 7.59. The van der Waals surface area contributed by atoms with Gasteiger partial charge in [-0.2, -0.15) is 0 Å². The number of rotatable bonds is 2. The third kappa shape index (κ3) is 2.16. The molecule has 1 aromatic rings. The van der Waals surface area contributed by atoms with Gasteiger partial charge in [-0.05, 0) is 19.4 Å². The maximum Gasteiger partial charge on any atom is 0.194 e. The molecule has 1 aromatic carbocycles. The van der Waals surface area contributed by atoms with Gasteiger partial charge < -0.3 is 15.9 Å². The molecule has 0 spiro atoms. The molecule has 0 aliphatic heterocycles. The highest BCUT2D eigenvalue weighted by atomic mass is 79.9. The minimum Gasteiger partial charge on any atom is -0.504 e. The van der Waals surface area contributed by atoms with E-state index in [9.17, 15) is 9.50 Å². The molecule has 0 saturated heterocycles. The van der Waals surface area contributed by atoms with E-state index < -0.39 is 17.3 Å². The molecule has 0 aliphatic carbocycles. The summed E-state index contributed by atoms with van der Waals surface area (Å²) in [5.74, 6) is -2.04. The number of hydrogen-bond acceptors (Lipinski definition) is 3. The number of benzene rings is 1. The van der Waals surface area contributed by atoms with E-state index in [1.165, 1.54) is 0 Å². The van der Waals surface area contributed by atoms with Crippen LogP contribution in [0.15, 0.2) is 10.5 Å². The molecule has 1 unspecified atom stereocenters. The van der Waals surface area contributed by atoms with Gasteiger partial charge in [-0.1, -0.05) is 15.9 Å². The van der Waals surface area contributed by atoms with Gasteiger partial charge in [0, 0.05) is 16.1 Å². The van der Waals surface area contributed by atoms with Crippen LogP contribution in [-0.2, 0) is 6.42 Å². The Bertz CT molecular complexity index is 355. The second kappa shape index (κ2) is 4.14. The molecule has 0 radical (unpaired) electrons. The topological polar surface area (TPSA) is 66.5 Å². The Morgan fingerprint density at radius 1 is 1.50 bits per heavy atom. The maximum atomic E-state index is 12.9. The van der Waals surface area contributed by atoms with Gasteiger partial charge in [0.15, 0.2) is 17.3 Å². The molecule has 1 rings (SSSR count). The van der Waals surface area contributed by atoms with Crippen molar-refractivity contribution in [2.45, 2.75) is 19.4 Å². The van der Waals surface area contributed by atoms with Gasteiger partial charge in [-0.25, -0.2) is 4.39 Å². The summed E-state index contributed by atoms with van der Waals surface area (Å²) in [7, 11) is 0. The van der Waals surface area contributed by atoms with Gasteiger partial charge >= 0.3 is 0 Å². The highest BCUT2D eigenvalue weighted by molar-refractivity contribution is 9.10. The first kappa shape index (κ1) is 11.3. The highest BCUT2D eigenvalue weighted by Crippen LogP contribution is 2.37. The van der Waals surface area contributed by atoms with Gasteiger partial charge in [-0.15, -0.1) is 0 Å². The lowest BCUT2D eigenvalue weighted by Crippen LogP contribution is -2.18. The van der Waals surface area contributed by atoms with Crippen LogP contribution in [-0.4, -0.2) is 16.3 Å². The first-order valence-electron chi connectivity index (χ1n) is 4.08. The number of phenols is 2. The maximum absolute atomic E-state index is 12.9. The molecule has 0 aromatic heterocycles. The fourth-order valence-corrected chi connectivity index (χ4v) is 1.70. The van der Waals surface area contributed by atoms with E-state index in [1.54, 1.807) is 6.92 Å². The first-order chi connectivity index (χ1) is 6.43. The van der Waals surface area contributed by atoms with E-state index in [0.29, 0.717) is 16.5 Å². The van der Waals surface area contributed by atoms with Crippen molar-refractivity contribution >= 4 is 15.9 Å². The van der Waals surface area contributed by atoms with E-state index in [1.807, 2.05) is 0 Å². The van der Waals surface area contributed by atoms with Gasteiger partial charge in [0.25, 0.3) is 0 Å². The molecular weight excluding hydrogens is 253 g/mol. The molecule has 5 heteroatoms. The SMILES string of the molecule is CC(N)Cc1c(Br)cc(F)c(O)c1O. The predicted molar refractivity (Wildman–Crippen MR) is 54.8 cm³/mol. The molecule has 0 aliphatic rings. The van der Waals surface area contributed by atoms with Crippen LogP contribution in [0.4, 0.5) is 4.39 Å². The van der Waals surface area contributed by atoms with Crippen LogP contribution in [0, 0.1) is 5.82 Å². The van der Waals surface area contributed by atoms with Crippen molar-refractivity contribution in [3.8, 4) is 11.5 Å². The minimum absolute atomic E-state index is 0.179. The van der Waals surface area contributed by atoms with Gasteiger partial charge in [0.05, 0.1) is 0 Å². The van der Waals surface area contributed by atoms with Crippen molar-refractivity contribution in [3.05, 3.63) is 21.9 Å². The molecule has 0 heterocycles. The first-order valence-corrected chi connectivity index (χ1v) is 4.87. The number of nitrogens with two attached hydrogens (primary N) is 1. The molecule has 3 nitrogen and oxygen atoms in total. The van der Waals surface area contributed by atoms with E-state index in [2.05, 4.69) is 15.9 Å². The Hall–Kier alpha value is -0.810. The third-order valence-electron chi connectivity index (χ3n) is 1.80. The van der Waals surface area contributed by atoms with Crippen LogP contribution in [0.25, 0.3) is 0 Å². The van der Waals surface area contributed by atoms with Crippen LogP contribution < -0.4 is 5.73 Å². The monoisotopic (exact) mass is 263 g/mol. The zero-order valence-corrected chi connectivity index (χ0v) is 9.18. The molecule has 0 amide bonds. The van der Waals surface area contributed by atoms with E-state index in [0.717, 1.165) is 6.07 Å². The van der Waals surface area contributed by atoms with Gasteiger partial charge in [0.1, 0.15) is 0 Å². The van der Waals surface area contributed by atoms with Crippen molar-refractivity contribution in [1.29, 1.82) is 0 Å². The second-order valence-electron chi connectivity index (χ2n) is 3.20. The van der Waals surface area contributed by atoms with Gasteiger partial charge in [-0.3, -0.25) is 0 Å². The molecule has 78 valence electrons. The van der Waals surface area contributed by atoms with Crippen molar-refractivity contribution in [3.63, 3.8) is 0 Å². The summed E-state index contributed by atoms with van der Waals surface area (Å²) in [6, 6.07) is 0.925. The van der Waals surface area contributed by atoms with E-state index in [4.69, 9.17) is 10.8 Å². The average molecular weight is 264 g/mol. The zero-order chi connectivity index (χ0) is 10.9. The van der Waals surface area contributed by atoms with Crippen molar-refractivity contribution in [1.82, 2.24) is 0 Å². The molecule has 4 N–H and O–H groups in total. The number of hydrogen-bond donors (Lipinski definition) is 3. The molecule has 14 heavy (non-hydrogen) atoms. The largest absolute Gasteiger partial charge is 0.504 e. The number of halogens is 2. The van der Waals surface area contributed by atoms with Crippen LogP contribution in [0.1, 0.15) is 12.5 Å². The summed E-state index contributed by atoms with van der Waals surface area (Å²) in [6.07, 6.45) is 0.361. The Kier molecular flexibility index (Phi) is 3.34. The molecule has 0 fully saturated rings. The normalized spacial score (nSPS) is 12.9. The van der Waals surface area contributed by atoms with E-state index in [-0.39, 0.29) is 6.04 Å². The third-order valence-corrected chi connectivity index (χ3v) is 2.51. The summed E-state index contributed by atoms with van der Waals surface area (Å²) < 4.78 is 13.3. The molecule has 1 atom stereocenters. The Labute approximate surface area is 89.5 Å². The average Bonchev–Trinajstić information content (AvgIpc) is 2.09. The summed E-state index contributed by atoms with van der Waals surface area (Å²) >= 11 is 3.09. The quantitative estimate of drug-likeness (QED) is 0.714. The fraction of sp³-hybridized carbons (Fsp3) is 0.333. The Morgan fingerprint density at radius 2 is 2.07 bits per heavy atom. The van der Waals surface area contributed by atoms with Crippen LogP contribution in [0.3, 0.4) is 0 Å². The fourth-order valence-electron chi connectivity index (χ4n) is 1.15. The minimum atomic E-state index is -0.859. The summed E-state index contributed by atoms with van der Waals surface area (Å²) in [6.45, 7) is 1.76. The second-order valence-corrected chi connectivity index (χ2v) is 4.05. The standard InChI is InChI=1S/C9H11BrFNO2/c1-4(12)2-5-6(10)3-7(11)9(14)8(5)13/h3-4,13-14H,2,12H2,1H3. The smallest absolute Gasteiger partial charge is 0.194 e. The number of aromatic hydroxyl groups is 2. The van der Waals surface area contributed by atoms with Crippen LogP contribution in [0.5, 0.6) is 11.5 Å². The molecular formula is C9H11BrFNO2.